The lowest BCUT2D eigenvalue weighted by Gasteiger charge is -2.31. The number of hydrogen-bond acceptors (Lipinski definition) is 8. The molecule has 0 spiro atoms. The number of nitrogens with two attached hydrogens (primary N) is 1. The SMILES string of the molecule is COc1ccc(F)cc1C(=O)c1cnc(NC2CCN(CC(C)=O)CC2)nc1N. The van der Waals surface area contributed by atoms with Gasteiger partial charge in [-0.3, -0.25) is 14.5 Å². The Morgan fingerprint density at radius 1 is 1.31 bits per heavy atom. The van der Waals surface area contributed by atoms with Crippen molar-refractivity contribution in [2.45, 2.75) is 25.8 Å². The van der Waals surface area contributed by atoms with Crippen LogP contribution < -0.4 is 15.8 Å². The molecular weight excluding hydrogens is 377 g/mol. The van der Waals surface area contributed by atoms with Crippen molar-refractivity contribution in [3.8, 4) is 5.75 Å². The van der Waals surface area contributed by atoms with Crippen molar-refractivity contribution in [1.29, 1.82) is 0 Å². The molecule has 1 aliphatic rings. The molecule has 0 bridgehead atoms. The second-order valence-corrected chi connectivity index (χ2v) is 7.06. The molecule has 2 heterocycles. The third-order valence-electron chi connectivity index (χ3n) is 4.84. The van der Waals surface area contributed by atoms with Gasteiger partial charge in [0.15, 0.2) is 0 Å². The minimum atomic E-state index is -0.553. The second kappa shape index (κ2) is 8.95. The highest BCUT2D eigenvalue weighted by Gasteiger charge is 2.22. The average Bonchev–Trinajstić information content (AvgIpc) is 2.69. The van der Waals surface area contributed by atoms with Gasteiger partial charge in [-0.15, -0.1) is 0 Å². The van der Waals surface area contributed by atoms with Crippen LogP contribution in [0.25, 0.3) is 0 Å². The second-order valence-electron chi connectivity index (χ2n) is 7.06. The van der Waals surface area contributed by atoms with Crippen LogP contribution in [-0.4, -0.2) is 59.2 Å². The lowest BCUT2D eigenvalue weighted by molar-refractivity contribution is -0.118. The number of benzene rings is 1. The number of halogens is 1. The number of carbonyl (C=O) groups is 2. The summed E-state index contributed by atoms with van der Waals surface area (Å²) in [5.41, 5.74) is 6.12. The number of Topliss-reactive ketones (excluding diaryl/α,β-unsaturated/α-hetero) is 1. The highest BCUT2D eigenvalue weighted by Crippen LogP contribution is 2.25. The van der Waals surface area contributed by atoms with Gasteiger partial charge in [-0.05, 0) is 38.0 Å². The van der Waals surface area contributed by atoms with Crippen LogP contribution in [0, 0.1) is 5.82 Å². The van der Waals surface area contributed by atoms with E-state index in [2.05, 4.69) is 20.2 Å². The number of anilines is 2. The number of likely N-dealkylation sites (tertiary alicyclic amines) is 1. The first kappa shape index (κ1) is 20.7. The fraction of sp³-hybridized carbons (Fsp3) is 0.400. The molecule has 1 fully saturated rings. The first-order valence-corrected chi connectivity index (χ1v) is 9.36. The van der Waals surface area contributed by atoms with Crippen molar-refractivity contribution in [2.75, 3.05) is 37.8 Å². The van der Waals surface area contributed by atoms with E-state index in [1.165, 1.54) is 25.4 Å². The maximum absolute atomic E-state index is 13.6. The zero-order valence-corrected chi connectivity index (χ0v) is 16.4. The van der Waals surface area contributed by atoms with Gasteiger partial charge in [-0.25, -0.2) is 9.37 Å². The van der Waals surface area contributed by atoms with Gasteiger partial charge in [0.05, 0.1) is 24.8 Å². The lowest BCUT2D eigenvalue weighted by Crippen LogP contribution is -2.41. The Balaban J connectivity index is 1.69. The highest BCUT2D eigenvalue weighted by atomic mass is 19.1. The van der Waals surface area contributed by atoms with E-state index in [0.717, 1.165) is 32.0 Å². The molecule has 0 atom stereocenters. The summed E-state index contributed by atoms with van der Waals surface area (Å²) >= 11 is 0. The normalized spacial score (nSPS) is 15.1. The fourth-order valence-electron chi connectivity index (χ4n) is 3.38. The summed E-state index contributed by atoms with van der Waals surface area (Å²) in [7, 11) is 1.40. The number of nitrogens with zero attached hydrogens (tertiary/aromatic N) is 3. The van der Waals surface area contributed by atoms with Gasteiger partial charge in [-0.1, -0.05) is 0 Å². The summed E-state index contributed by atoms with van der Waals surface area (Å²) in [4.78, 5) is 34.5. The van der Waals surface area contributed by atoms with Crippen molar-refractivity contribution in [1.82, 2.24) is 14.9 Å². The van der Waals surface area contributed by atoms with E-state index in [0.29, 0.717) is 12.5 Å². The Labute approximate surface area is 168 Å². The van der Waals surface area contributed by atoms with Gasteiger partial charge >= 0.3 is 0 Å². The maximum Gasteiger partial charge on any atom is 0.224 e. The van der Waals surface area contributed by atoms with Gasteiger partial charge in [0.2, 0.25) is 11.7 Å². The quantitative estimate of drug-likeness (QED) is 0.677. The van der Waals surface area contributed by atoms with E-state index < -0.39 is 11.6 Å². The first-order valence-electron chi connectivity index (χ1n) is 9.36. The Morgan fingerprint density at radius 2 is 2.03 bits per heavy atom. The number of methoxy groups -OCH3 is 1. The maximum atomic E-state index is 13.6. The predicted molar refractivity (Wildman–Crippen MR) is 107 cm³/mol. The molecule has 0 radical (unpaired) electrons. The summed E-state index contributed by atoms with van der Waals surface area (Å²) < 4.78 is 18.7. The summed E-state index contributed by atoms with van der Waals surface area (Å²) in [6, 6.07) is 3.85. The standard InChI is InChI=1S/C20H24FN5O3/c1-12(27)11-26-7-5-14(6-8-26)24-20-23-10-16(19(22)25-20)18(28)15-9-13(21)3-4-17(15)29-2/h3-4,9-10,14H,5-8,11H2,1-2H3,(H3,22,23,24,25). The molecule has 3 rings (SSSR count). The van der Waals surface area contributed by atoms with Crippen LogP contribution in [-0.2, 0) is 4.79 Å². The molecule has 0 aliphatic carbocycles. The van der Waals surface area contributed by atoms with Gasteiger partial charge in [0.25, 0.3) is 0 Å². The van der Waals surface area contributed by atoms with Gasteiger partial charge in [0, 0.05) is 25.3 Å². The smallest absolute Gasteiger partial charge is 0.224 e. The Kier molecular flexibility index (Phi) is 6.38. The Bertz CT molecular complexity index is 913. The fourth-order valence-corrected chi connectivity index (χ4v) is 3.38. The average molecular weight is 401 g/mol. The number of carbonyl (C=O) groups excluding carboxylic acids is 2. The number of nitrogens with one attached hydrogen (secondary N) is 1. The topological polar surface area (TPSA) is 110 Å². The molecule has 1 aliphatic heterocycles. The first-order chi connectivity index (χ1) is 13.9. The van der Waals surface area contributed by atoms with E-state index in [-0.39, 0.29) is 34.5 Å². The van der Waals surface area contributed by atoms with E-state index in [1.807, 2.05) is 0 Å². The van der Waals surface area contributed by atoms with Crippen LogP contribution in [0.4, 0.5) is 16.2 Å². The van der Waals surface area contributed by atoms with Gasteiger partial charge < -0.3 is 15.8 Å². The summed E-state index contributed by atoms with van der Waals surface area (Å²) in [5, 5.41) is 3.22. The number of hydrogen-bond donors (Lipinski definition) is 2. The van der Waals surface area contributed by atoms with Gasteiger partial charge in [0.1, 0.15) is 23.2 Å². The van der Waals surface area contributed by atoms with E-state index >= 15 is 0 Å². The molecule has 2 aromatic rings. The third-order valence-corrected chi connectivity index (χ3v) is 4.84. The Hall–Kier alpha value is -3.07. The van der Waals surface area contributed by atoms with Crippen molar-refractivity contribution >= 4 is 23.3 Å². The van der Waals surface area contributed by atoms with E-state index in [1.54, 1.807) is 6.92 Å². The van der Waals surface area contributed by atoms with E-state index in [9.17, 15) is 14.0 Å². The summed E-state index contributed by atoms with van der Waals surface area (Å²) in [6.07, 6.45) is 3.03. The van der Waals surface area contributed by atoms with Crippen molar-refractivity contribution in [3.05, 3.63) is 41.3 Å². The number of piperidine rings is 1. The number of nitrogen functional groups attached to an aromatic ring is 1. The summed E-state index contributed by atoms with van der Waals surface area (Å²) in [6.45, 7) is 3.67. The van der Waals surface area contributed by atoms with Crippen LogP contribution in [0.3, 0.4) is 0 Å². The highest BCUT2D eigenvalue weighted by molar-refractivity contribution is 6.13. The monoisotopic (exact) mass is 401 g/mol. The number of rotatable bonds is 7. The van der Waals surface area contributed by atoms with Crippen LogP contribution in [0.5, 0.6) is 5.75 Å². The van der Waals surface area contributed by atoms with Crippen LogP contribution in [0.1, 0.15) is 35.7 Å². The molecule has 1 aromatic heterocycles. The Morgan fingerprint density at radius 3 is 2.66 bits per heavy atom. The molecule has 1 saturated heterocycles. The molecule has 154 valence electrons. The van der Waals surface area contributed by atoms with Crippen LogP contribution in [0.2, 0.25) is 0 Å². The van der Waals surface area contributed by atoms with Crippen LogP contribution >= 0.6 is 0 Å². The molecule has 8 nitrogen and oxygen atoms in total. The number of aromatic nitrogens is 2. The van der Waals surface area contributed by atoms with Gasteiger partial charge in [-0.2, -0.15) is 4.98 Å². The van der Waals surface area contributed by atoms with E-state index in [4.69, 9.17) is 10.5 Å². The molecular formula is C20H24FN5O3. The molecule has 0 unspecified atom stereocenters. The third kappa shape index (κ3) is 5.05. The zero-order valence-electron chi connectivity index (χ0n) is 16.4. The molecule has 0 amide bonds. The van der Waals surface area contributed by atoms with Crippen molar-refractivity contribution in [2.24, 2.45) is 0 Å². The lowest BCUT2D eigenvalue weighted by atomic mass is 10.0. The van der Waals surface area contributed by atoms with Crippen LogP contribution in [0.15, 0.2) is 24.4 Å². The zero-order chi connectivity index (χ0) is 21.0. The van der Waals surface area contributed by atoms with Crippen molar-refractivity contribution in [3.63, 3.8) is 0 Å². The summed E-state index contributed by atoms with van der Waals surface area (Å²) in [5.74, 6) is -0.327. The predicted octanol–water partition coefficient (Wildman–Crippen LogP) is 1.90. The molecule has 3 N–H and O–H groups in total. The molecule has 9 heteroatoms. The molecule has 1 aromatic carbocycles. The molecule has 0 saturated carbocycles. The number of ether oxygens (including phenoxy) is 1. The number of ketones is 2. The van der Waals surface area contributed by atoms with Crippen molar-refractivity contribution < 1.29 is 18.7 Å². The molecule has 29 heavy (non-hydrogen) atoms. The largest absolute Gasteiger partial charge is 0.496 e. The minimum absolute atomic E-state index is 0.00725. The minimum Gasteiger partial charge on any atom is -0.496 e.